The number of benzene rings is 2. The van der Waals surface area contributed by atoms with E-state index in [0.29, 0.717) is 6.42 Å². The van der Waals surface area contributed by atoms with Gasteiger partial charge < -0.3 is 9.47 Å². The van der Waals surface area contributed by atoms with Crippen LogP contribution in [0.4, 0.5) is 26.3 Å². The Labute approximate surface area is 203 Å². The summed E-state index contributed by atoms with van der Waals surface area (Å²) >= 11 is 0. The summed E-state index contributed by atoms with van der Waals surface area (Å²) in [6.45, 7) is 2.10. The van der Waals surface area contributed by atoms with Crippen LogP contribution in [0.5, 0.6) is 11.5 Å². The third-order valence-corrected chi connectivity index (χ3v) is 5.98. The lowest BCUT2D eigenvalue weighted by Gasteiger charge is -2.22. The molecular weight excluding hydrogens is 490 g/mol. The van der Waals surface area contributed by atoms with Gasteiger partial charge in [0.1, 0.15) is 11.5 Å². The average molecular weight is 514 g/mol. The average Bonchev–Trinajstić information content (AvgIpc) is 3.72. The van der Waals surface area contributed by atoms with Gasteiger partial charge in [0.25, 0.3) is 0 Å². The summed E-state index contributed by atoms with van der Waals surface area (Å²) in [5, 5.41) is 12.7. The molecule has 0 N–H and O–H groups in total. The number of hydrogen-bond donors (Lipinski definition) is 0. The molecular formula is C24H24F6N4O2. The summed E-state index contributed by atoms with van der Waals surface area (Å²) in [5.41, 5.74) is -5.28. The van der Waals surface area contributed by atoms with Gasteiger partial charge in [-0.1, -0.05) is 56.9 Å². The molecule has 6 nitrogen and oxygen atoms in total. The molecule has 0 aliphatic carbocycles. The Hall–Kier alpha value is -3.18. The second kappa shape index (κ2) is 9.70. The van der Waals surface area contributed by atoms with Crippen molar-refractivity contribution in [2.24, 2.45) is 20.5 Å². The van der Waals surface area contributed by atoms with Gasteiger partial charge in [-0.15, -0.1) is 20.5 Å². The van der Waals surface area contributed by atoms with Gasteiger partial charge in [0.2, 0.25) is 6.29 Å². The number of ether oxygens (including phenoxy) is 2. The Morgan fingerprint density at radius 3 is 1.36 bits per heavy atom. The Bertz CT molecular complexity index is 1000. The van der Waals surface area contributed by atoms with Crippen molar-refractivity contribution < 1.29 is 35.8 Å². The fraction of sp³-hybridized carbons (Fsp3) is 0.500. The highest BCUT2D eigenvalue weighted by molar-refractivity contribution is 5.36. The van der Waals surface area contributed by atoms with Crippen LogP contribution >= 0.6 is 0 Å². The summed E-state index contributed by atoms with van der Waals surface area (Å²) in [7, 11) is 0. The normalized spacial score (nSPS) is 17.3. The predicted octanol–water partition coefficient (Wildman–Crippen LogP) is 8.19. The molecule has 36 heavy (non-hydrogen) atoms. The predicted molar refractivity (Wildman–Crippen MR) is 116 cm³/mol. The molecule has 2 aliphatic heterocycles. The summed E-state index contributed by atoms with van der Waals surface area (Å²) in [5.74, 6) is 0.553. The number of alkyl halides is 6. The summed E-state index contributed by atoms with van der Waals surface area (Å²) in [6, 6.07) is 10.5. The molecule has 0 bridgehead atoms. The molecule has 0 unspecified atom stereocenters. The van der Waals surface area contributed by atoms with Gasteiger partial charge in [0.05, 0.1) is 0 Å². The highest BCUT2D eigenvalue weighted by Crippen LogP contribution is 2.53. The molecule has 4 rings (SSSR count). The topological polar surface area (TPSA) is 67.9 Å². The number of unbranched alkanes of at least 4 members (excludes halogenated alkanes) is 4. The molecule has 0 saturated heterocycles. The fourth-order valence-electron chi connectivity index (χ4n) is 3.78. The minimum atomic E-state index is -4.63. The molecule has 194 valence electrons. The highest BCUT2D eigenvalue weighted by Gasteiger charge is 2.65. The lowest BCUT2D eigenvalue weighted by molar-refractivity contribution is -0.166. The quantitative estimate of drug-likeness (QED) is 0.163. The molecule has 0 spiro atoms. The monoisotopic (exact) mass is 514 g/mol. The minimum Gasteiger partial charge on any atom is -0.455 e. The molecule has 2 heterocycles. The second-order valence-electron chi connectivity index (χ2n) is 8.66. The molecule has 0 aromatic heterocycles. The first-order chi connectivity index (χ1) is 17.0. The van der Waals surface area contributed by atoms with E-state index in [4.69, 9.17) is 9.47 Å². The standard InChI is InChI=1S/C24H24F6N4O2/c1-2-3-4-5-6-7-20(35-18-12-8-16(9-13-18)21(31-32-21)23(25,26)27)36-19-14-10-17(11-15-19)22(33-34-22)24(28,29)30/h8-15,20H,2-7H2,1H3. The van der Waals surface area contributed by atoms with Gasteiger partial charge in [-0.3, -0.25) is 0 Å². The molecule has 0 amide bonds. The van der Waals surface area contributed by atoms with E-state index in [9.17, 15) is 26.3 Å². The summed E-state index contributed by atoms with van der Waals surface area (Å²) in [6.07, 6.45) is -4.69. The van der Waals surface area contributed by atoms with Crippen molar-refractivity contribution in [2.45, 2.75) is 75.4 Å². The van der Waals surface area contributed by atoms with Crippen molar-refractivity contribution in [3.8, 4) is 11.5 Å². The third kappa shape index (κ3) is 5.31. The van der Waals surface area contributed by atoms with Crippen molar-refractivity contribution in [3.05, 3.63) is 59.7 Å². The van der Waals surface area contributed by atoms with Crippen LogP contribution in [0.25, 0.3) is 0 Å². The first kappa shape index (κ1) is 25.9. The van der Waals surface area contributed by atoms with E-state index in [1.54, 1.807) is 0 Å². The lowest BCUT2D eigenvalue weighted by atomic mass is 10.0. The Morgan fingerprint density at radius 2 is 1.03 bits per heavy atom. The maximum Gasteiger partial charge on any atom is 0.442 e. The van der Waals surface area contributed by atoms with Crippen LogP contribution in [0.1, 0.15) is 56.6 Å². The van der Waals surface area contributed by atoms with Crippen molar-refractivity contribution in [3.63, 3.8) is 0 Å². The smallest absolute Gasteiger partial charge is 0.442 e. The van der Waals surface area contributed by atoms with Crippen LogP contribution in [0.2, 0.25) is 0 Å². The maximum atomic E-state index is 13.2. The fourth-order valence-corrected chi connectivity index (χ4v) is 3.78. The van der Waals surface area contributed by atoms with E-state index in [1.165, 1.54) is 48.5 Å². The van der Waals surface area contributed by atoms with Gasteiger partial charge >= 0.3 is 23.7 Å². The Kier molecular flexibility index (Phi) is 6.98. The number of rotatable bonds is 12. The minimum absolute atomic E-state index is 0.121. The van der Waals surface area contributed by atoms with Gasteiger partial charge in [-0.05, 0) is 30.7 Å². The van der Waals surface area contributed by atoms with E-state index in [1.807, 2.05) is 0 Å². The van der Waals surface area contributed by atoms with Crippen LogP contribution < -0.4 is 9.47 Å². The van der Waals surface area contributed by atoms with Crippen molar-refractivity contribution in [2.75, 3.05) is 0 Å². The highest BCUT2D eigenvalue weighted by atomic mass is 19.4. The molecule has 2 aromatic rings. The van der Waals surface area contributed by atoms with Crippen LogP contribution in [0, 0.1) is 0 Å². The van der Waals surface area contributed by atoms with Crippen LogP contribution in [-0.2, 0) is 11.3 Å². The van der Waals surface area contributed by atoms with Crippen LogP contribution in [-0.4, -0.2) is 18.6 Å². The molecule has 12 heteroatoms. The molecule has 0 radical (unpaired) electrons. The Balaban J connectivity index is 1.43. The van der Waals surface area contributed by atoms with Gasteiger partial charge in [-0.25, -0.2) is 0 Å². The molecule has 0 atom stereocenters. The molecule has 0 saturated carbocycles. The zero-order chi connectivity index (χ0) is 26.0. The largest absolute Gasteiger partial charge is 0.455 e. The molecule has 0 fully saturated rings. The van der Waals surface area contributed by atoms with E-state index in [0.717, 1.165) is 32.1 Å². The first-order valence-electron chi connectivity index (χ1n) is 11.6. The van der Waals surface area contributed by atoms with Crippen molar-refractivity contribution >= 4 is 0 Å². The van der Waals surface area contributed by atoms with Gasteiger partial charge in [-0.2, -0.15) is 26.3 Å². The van der Waals surface area contributed by atoms with Crippen LogP contribution in [0.3, 0.4) is 0 Å². The second-order valence-corrected chi connectivity index (χ2v) is 8.66. The van der Waals surface area contributed by atoms with Crippen LogP contribution in [0.15, 0.2) is 69.0 Å². The summed E-state index contributed by atoms with van der Waals surface area (Å²) in [4.78, 5) is 0. The van der Waals surface area contributed by atoms with Gasteiger partial charge in [0, 0.05) is 17.5 Å². The maximum absolute atomic E-state index is 13.2. The summed E-state index contributed by atoms with van der Waals surface area (Å²) < 4.78 is 91.1. The number of nitrogens with zero attached hydrogens (tertiary/aromatic N) is 4. The lowest BCUT2D eigenvalue weighted by Crippen LogP contribution is -2.30. The SMILES string of the molecule is CCCCCCCC(Oc1ccc(C2(C(F)(F)F)N=N2)cc1)Oc1ccc(C2(C(F)(F)F)N=N2)cc1. The molecule has 2 aromatic carbocycles. The van der Waals surface area contributed by atoms with Crippen molar-refractivity contribution in [1.29, 1.82) is 0 Å². The zero-order valence-electron chi connectivity index (χ0n) is 19.3. The number of halogens is 6. The number of hydrogen-bond acceptors (Lipinski definition) is 6. The first-order valence-corrected chi connectivity index (χ1v) is 11.6. The Morgan fingerprint density at radius 1 is 0.639 bits per heavy atom. The third-order valence-electron chi connectivity index (χ3n) is 5.98. The van der Waals surface area contributed by atoms with E-state index in [-0.39, 0.29) is 22.6 Å². The van der Waals surface area contributed by atoms with Gasteiger partial charge in [0.15, 0.2) is 0 Å². The van der Waals surface area contributed by atoms with E-state index < -0.39 is 30.0 Å². The van der Waals surface area contributed by atoms with E-state index in [2.05, 4.69) is 27.4 Å². The van der Waals surface area contributed by atoms with Crippen molar-refractivity contribution in [1.82, 2.24) is 0 Å². The zero-order valence-corrected chi connectivity index (χ0v) is 19.3. The molecule has 2 aliphatic rings. The van der Waals surface area contributed by atoms with E-state index >= 15 is 0 Å².